The maximum Gasteiger partial charge on any atom is 0.191 e. The third kappa shape index (κ3) is 4.96. The fourth-order valence-electron chi connectivity index (χ4n) is 1.90. The minimum absolute atomic E-state index is 0.409. The molecule has 2 aromatic rings. The second kappa shape index (κ2) is 8.14. The van der Waals surface area contributed by atoms with Crippen LogP contribution in [0.4, 0.5) is 5.69 Å². The Balaban J connectivity index is 1.98. The lowest BCUT2D eigenvalue weighted by Gasteiger charge is -2.08. The van der Waals surface area contributed by atoms with E-state index in [2.05, 4.69) is 15.8 Å². The molecule has 0 fully saturated rings. The summed E-state index contributed by atoms with van der Waals surface area (Å²) in [5.74, 6) is 1.43. The number of thiocarbonyl (C=S) groups is 1. The molecule has 0 saturated carbocycles. The summed E-state index contributed by atoms with van der Waals surface area (Å²) < 4.78 is 10.5. The molecule has 0 spiro atoms. The van der Waals surface area contributed by atoms with Gasteiger partial charge in [-0.05, 0) is 49.5 Å². The Hall–Kier alpha value is -2.60. The fraction of sp³-hybridized carbons (Fsp3) is 0.176. The molecule has 2 N–H and O–H groups in total. The van der Waals surface area contributed by atoms with Gasteiger partial charge in [-0.2, -0.15) is 5.10 Å². The molecular weight excluding hydrogens is 310 g/mol. The summed E-state index contributed by atoms with van der Waals surface area (Å²) in [5.41, 5.74) is 5.66. The third-order valence-corrected chi connectivity index (χ3v) is 3.31. The molecule has 0 aromatic heterocycles. The van der Waals surface area contributed by atoms with Crippen LogP contribution < -0.4 is 20.2 Å². The lowest BCUT2D eigenvalue weighted by Crippen LogP contribution is -2.23. The van der Waals surface area contributed by atoms with E-state index >= 15 is 0 Å². The van der Waals surface area contributed by atoms with Gasteiger partial charge >= 0.3 is 0 Å². The molecule has 0 bridgehead atoms. The lowest BCUT2D eigenvalue weighted by atomic mass is 10.2. The fourth-order valence-corrected chi connectivity index (χ4v) is 2.07. The average Bonchev–Trinajstić information content (AvgIpc) is 2.57. The summed E-state index contributed by atoms with van der Waals surface area (Å²) in [6.07, 6.45) is 1.63. The van der Waals surface area contributed by atoms with Crippen LogP contribution in [-0.4, -0.2) is 25.5 Å². The molecule has 2 aromatic carbocycles. The molecule has 5 nitrogen and oxygen atoms in total. The van der Waals surface area contributed by atoms with Crippen molar-refractivity contribution in [3.63, 3.8) is 0 Å². The van der Waals surface area contributed by atoms with E-state index in [-0.39, 0.29) is 0 Å². The Labute approximate surface area is 141 Å². The summed E-state index contributed by atoms with van der Waals surface area (Å²) in [6, 6.07) is 13.4. The van der Waals surface area contributed by atoms with Gasteiger partial charge in [0.05, 0.1) is 20.4 Å². The van der Waals surface area contributed by atoms with Crippen molar-refractivity contribution in [3.8, 4) is 11.5 Å². The maximum absolute atomic E-state index is 5.29. The van der Waals surface area contributed by atoms with Gasteiger partial charge < -0.3 is 14.8 Å². The Bertz CT molecular complexity index is 699. The summed E-state index contributed by atoms with van der Waals surface area (Å²) in [5, 5.41) is 7.59. The first-order valence-electron chi connectivity index (χ1n) is 7.01. The normalized spacial score (nSPS) is 10.4. The standard InChI is InChI=1S/C17H19N3O2S/c1-12-4-6-14(7-5-12)19-17(23)20-18-11-13-10-15(21-2)8-9-16(13)22-3/h4-11H,1-3H3,(H2,19,20,23)/b18-11+. The largest absolute Gasteiger partial charge is 0.497 e. The number of aryl methyl sites for hydroxylation is 1. The molecule has 0 atom stereocenters. The van der Waals surface area contributed by atoms with Crippen LogP contribution in [0.25, 0.3) is 0 Å². The van der Waals surface area contributed by atoms with E-state index in [1.807, 2.05) is 49.4 Å². The van der Waals surface area contributed by atoms with Gasteiger partial charge in [0.15, 0.2) is 5.11 Å². The summed E-state index contributed by atoms with van der Waals surface area (Å²) in [7, 11) is 3.22. The Morgan fingerprint density at radius 1 is 1.09 bits per heavy atom. The number of nitrogens with zero attached hydrogens (tertiary/aromatic N) is 1. The number of hydrogen-bond donors (Lipinski definition) is 2. The molecular formula is C17H19N3O2S. The molecule has 0 aliphatic carbocycles. The highest BCUT2D eigenvalue weighted by Crippen LogP contribution is 2.22. The number of rotatable bonds is 5. The molecule has 0 aliphatic rings. The summed E-state index contributed by atoms with van der Waals surface area (Å²) >= 11 is 5.20. The average molecular weight is 329 g/mol. The number of nitrogens with one attached hydrogen (secondary N) is 2. The molecule has 6 heteroatoms. The zero-order chi connectivity index (χ0) is 16.7. The summed E-state index contributed by atoms with van der Waals surface area (Å²) in [6.45, 7) is 2.03. The van der Waals surface area contributed by atoms with E-state index in [1.54, 1.807) is 20.4 Å². The topological polar surface area (TPSA) is 54.9 Å². The van der Waals surface area contributed by atoms with Crippen LogP contribution in [-0.2, 0) is 0 Å². The number of benzene rings is 2. The van der Waals surface area contributed by atoms with Crippen LogP contribution in [0.5, 0.6) is 11.5 Å². The third-order valence-electron chi connectivity index (χ3n) is 3.12. The molecule has 120 valence electrons. The van der Waals surface area contributed by atoms with Crippen molar-refractivity contribution in [2.24, 2.45) is 5.10 Å². The Morgan fingerprint density at radius 2 is 1.83 bits per heavy atom. The van der Waals surface area contributed by atoms with Crippen LogP contribution in [0.2, 0.25) is 0 Å². The minimum Gasteiger partial charge on any atom is -0.497 e. The van der Waals surface area contributed by atoms with Crippen molar-refractivity contribution in [1.29, 1.82) is 0 Å². The Morgan fingerprint density at radius 3 is 2.48 bits per heavy atom. The van der Waals surface area contributed by atoms with Crippen LogP contribution in [0.3, 0.4) is 0 Å². The zero-order valence-electron chi connectivity index (χ0n) is 13.3. The predicted octanol–water partition coefficient (Wildman–Crippen LogP) is 3.33. The van der Waals surface area contributed by atoms with E-state index < -0.39 is 0 Å². The first kappa shape index (κ1) is 16.8. The highest BCUT2D eigenvalue weighted by atomic mass is 32.1. The van der Waals surface area contributed by atoms with Crippen molar-refractivity contribution in [2.45, 2.75) is 6.92 Å². The van der Waals surface area contributed by atoms with Crippen molar-refractivity contribution >= 4 is 29.2 Å². The highest BCUT2D eigenvalue weighted by molar-refractivity contribution is 7.80. The number of ether oxygens (including phenoxy) is 2. The number of hydrazone groups is 1. The van der Waals surface area contributed by atoms with Crippen molar-refractivity contribution in [1.82, 2.24) is 5.43 Å². The molecule has 0 unspecified atom stereocenters. The van der Waals surface area contributed by atoms with Crippen molar-refractivity contribution < 1.29 is 9.47 Å². The first-order valence-corrected chi connectivity index (χ1v) is 7.42. The second-order valence-electron chi connectivity index (χ2n) is 4.80. The molecule has 0 saturated heterocycles. The molecule has 0 amide bonds. The number of hydrogen-bond acceptors (Lipinski definition) is 4. The highest BCUT2D eigenvalue weighted by Gasteiger charge is 2.02. The van der Waals surface area contributed by atoms with E-state index in [0.717, 1.165) is 17.0 Å². The van der Waals surface area contributed by atoms with E-state index in [4.69, 9.17) is 21.7 Å². The lowest BCUT2D eigenvalue weighted by molar-refractivity contribution is 0.402. The number of methoxy groups -OCH3 is 2. The van der Waals surface area contributed by atoms with Gasteiger partial charge in [-0.3, -0.25) is 5.43 Å². The molecule has 0 radical (unpaired) electrons. The summed E-state index contributed by atoms with van der Waals surface area (Å²) in [4.78, 5) is 0. The van der Waals surface area contributed by atoms with Gasteiger partial charge in [-0.25, -0.2) is 0 Å². The first-order chi connectivity index (χ1) is 11.1. The van der Waals surface area contributed by atoms with Gasteiger partial charge in [0, 0.05) is 11.3 Å². The SMILES string of the molecule is COc1ccc(OC)c(/C=N/NC(=S)Nc2ccc(C)cc2)c1. The van der Waals surface area contributed by atoms with Gasteiger partial charge in [0.25, 0.3) is 0 Å². The van der Waals surface area contributed by atoms with Crippen molar-refractivity contribution in [2.75, 3.05) is 19.5 Å². The minimum atomic E-state index is 0.409. The van der Waals surface area contributed by atoms with Crippen molar-refractivity contribution in [3.05, 3.63) is 53.6 Å². The van der Waals surface area contributed by atoms with E-state index in [9.17, 15) is 0 Å². The molecule has 0 heterocycles. The smallest absolute Gasteiger partial charge is 0.191 e. The van der Waals surface area contributed by atoms with Crippen LogP contribution in [0.15, 0.2) is 47.6 Å². The van der Waals surface area contributed by atoms with Crippen LogP contribution >= 0.6 is 12.2 Å². The predicted molar refractivity (Wildman–Crippen MR) is 97.7 cm³/mol. The molecule has 23 heavy (non-hydrogen) atoms. The van der Waals surface area contributed by atoms with Gasteiger partial charge in [-0.1, -0.05) is 17.7 Å². The molecule has 0 aliphatic heterocycles. The van der Waals surface area contributed by atoms with Gasteiger partial charge in [0.2, 0.25) is 0 Å². The van der Waals surface area contributed by atoms with Gasteiger partial charge in [0.1, 0.15) is 11.5 Å². The molecule has 2 rings (SSSR count). The van der Waals surface area contributed by atoms with E-state index in [0.29, 0.717) is 10.9 Å². The monoisotopic (exact) mass is 329 g/mol. The van der Waals surface area contributed by atoms with Gasteiger partial charge in [-0.15, -0.1) is 0 Å². The Kier molecular flexibility index (Phi) is 5.94. The maximum atomic E-state index is 5.29. The zero-order valence-corrected chi connectivity index (χ0v) is 14.1. The van der Waals surface area contributed by atoms with Crippen LogP contribution in [0.1, 0.15) is 11.1 Å². The van der Waals surface area contributed by atoms with E-state index in [1.165, 1.54) is 5.56 Å². The van der Waals surface area contributed by atoms with Crippen LogP contribution in [0, 0.1) is 6.92 Å². The number of anilines is 1. The quantitative estimate of drug-likeness (QED) is 0.501. The second-order valence-corrected chi connectivity index (χ2v) is 5.21.